The van der Waals surface area contributed by atoms with E-state index in [0.29, 0.717) is 21.3 Å². The maximum atomic E-state index is 12.6. The Bertz CT molecular complexity index is 1070. The van der Waals surface area contributed by atoms with Crippen LogP contribution in [0.1, 0.15) is 28.5 Å². The van der Waals surface area contributed by atoms with Gasteiger partial charge in [0.05, 0.1) is 18.2 Å². The molecule has 0 fully saturated rings. The summed E-state index contributed by atoms with van der Waals surface area (Å²) in [5.74, 6) is -1.73. The summed E-state index contributed by atoms with van der Waals surface area (Å²) >= 11 is 12.0. The molecule has 1 heterocycles. The van der Waals surface area contributed by atoms with Gasteiger partial charge in [-0.2, -0.15) is 0 Å². The van der Waals surface area contributed by atoms with Gasteiger partial charge in [-0.1, -0.05) is 41.4 Å². The Morgan fingerprint density at radius 2 is 1.79 bits per heavy atom. The van der Waals surface area contributed by atoms with Gasteiger partial charge in [0, 0.05) is 16.1 Å². The van der Waals surface area contributed by atoms with Crippen LogP contribution >= 0.6 is 23.2 Å². The quantitative estimate of drug-likeness (QED) is 0.569. The molecule has 0 saturated carbocycles. The number of hydrogen-bond donors (Lipinski definition) is 3. The third-order valence-electron chi connectivity index (χ3n) is 4.01. The van der Waals surface area contributed by atoms with Crippen LogP contribution in [0.2, 0.25) is 10.0 Å². The summed E-state index contributed by atoms with van der Waals surface area (Å²) in [4.78, 5) is 36.1. The Morgan fingerprint density at radius 1 is 1.11 bits per heavy atom. The number of carbonyl (C=O) groups is 2. The number of aliphatic carboxylic acids is 1. The molecule has 9 heteroatoms. The second-order valence-corrected chi connectivity index (χ2v) is 6.81. The monoisotopic (exact) mass is 419 g/mol. The maximum Gasteiger partial charge on any atom is 0.305 e. The van der Waals surface area contributed by atoms with Gasteiger partial charge < -0.3 is 10.4 Å². The summed E-state index contributed by atoms with van der Waals surface area (Å²) in [7, 11) is 0. The maximum absolute atomic E-state index is 12.6. The standard InChI is InChI=1S/C19H15Cl2N3O4/c20-11-5-7-12(8-6-11)24-17(25)9-16(23-24)19(28)22-15(10-18(26)27)13-3-1-2-4-14(13)21/h1-9,15,23H,10H2,(H,22,28)(H,26,27)/t15-/m0/s1. The summed E-state index contributed by atoms with van der Waals surface area (Å²) in [5.41, 5.74) is 0.517. The molecule has 3 N–H and O–H groups in total. The van der Waals surface area contributed by atoms with Crippen molar-refractivity contribution in [3.05, 3.63) is 86.3 Å². The Balaban J connectivity index is 1.87. The van der Waals surface area contributed by atoms with Crippen molar-refractivity contribution in [2.24, 2.45) is 0 Å². The smallest absolute Gasteiger partial charge is 0.305 e. The van der Waals surface area contributed by atoms with E-state index in [2.05, 4.69) is 10.4 Å². The van der Waals surface area contributed by atoms with E-state index in [1.54, 1.807) is 48.5 Å². The molecule has 28 heavy (non-hydrogen) atoms. The van der Waals surface area contributed by atoms with Crippen LogP contribution in [0, 0.1) is 0 Å². The zero-order valence-corrected chi connectivity index (χ0v) is 15.9. The van der Waals surface area contributed by atoms with Gasteiger partial charge in [0.25, 0.3) is 11.5 Å². The topological polar surface area (TPSA) is 104 Å². The van der Waals surface area contributed by atoms with Crippen LogP contribution in [0.25, 0.3) is 5.69 Å². The average molecular weight is 420 g/mol. The van der Waals surface area contributed by atoms with Crippen molar-refractivity contribution < 1.29 is 14.7 Å². The van der Waals surface area contributed by atoms with Crippen LogP contribution in [0.5, 0.6) is 0 Å². The van der Waals surface area contributed by atoms with Crippen LogP contribution < -0.4 is 10.9 Å². The van der Waals surface area contributed by atoms with E-state index in [9.17, 15) is 19.5 Å². The first kappa shape index (κ1) is 19.7. The van der Waals surface area contributed by atoms with E-state index < -0.39 is 23.5 Å². The Kier molecular flexibility index (Phi) is 5.87. The van der Waals surface area contributed by atoms with Gasteiger partial charge in [-0.05, 0) is 35.9 Å². The molecule has 0 bridgehead atoms. The van der Waals surface area contributed by atoms with E-state index in [0.717, 1.165) is 6.07 Å². The van der Waals surface area contributed by atoms with Gasteiger partial charge in [0.1, 0.15) is 5.69 Å². The first-order valence-electron chi connectivity index (χ1n) is 8.20. The van der Waals surface area contributed by atoms with Crippen LogP contribution in [0.3, 0.4) is 0 Å². The predicted molar refractivity (Wildman–Crippen MR) is 105 cm³/mol. The number of benzene rings is 2. The molecule has 7 nitrogen and oxygen atoms in total. The molecule has 0 spiro atoms. The summed E-state index contributed by atoms with van der Waals surface area (Å²) < 4.78 is 1.19. The number of carbonyl (C=O) groups excluding carboxylic acids is 1. The van der Waals surface area contributed by atoms with Crippen molar-refractivity contribution >= 4 is 35.1 Å². The molecule has 144 valence electrons. The fraction of sp³-hybridized carbons (Fsp3) is 0.105. The second kappa shape index (κ2) is 8.33. The van der Waals surface area contributed by atoms with Crippen LogP contribution in [0.15, 0.2) is 59.4 Å². The van der Waals surface area contributed by atoms with Gasteiger partial charge in [-0.25, -0.2) is 4.68 Å². The largest absolute Gasteiger partial charge is 0.481 e. The van der Waals surface area contributed by atoms with Crippen LogP contribution in [0.4, 0.5) is 0 Å². The molecular weight excluding hydrogens is 405 g/mol. The highest BCUT2D eigenvalue weighted by Gasteiger charge is 2.22. The molecule has 3 aromatic rings. The number of nitrogens with zero attached hydrogens (tertiary/aromatic N) is 1. The van der Waals surface area contributed by atoms with Gasteiger partial charge in [0.2, 0.25) is 0 Å². The van der Waals surface area contributed by atoms with Crippen molar-refractivity contribution in [2.45, 2.75) is 12.5 Å². The minimum absolute atomic E-state index is 0.0117. The lowest BCUT2D eigenvalue weighted by atomic mass is 10.0. The highest BCUT2D eigenvalue weighted by atomic mass is 35.5. The highest BCUT2D eigenvalue weighted by Crippen LogP contribution is 2.25. The SMILES string of the molecule is O=C(O)C[C@H](NC(=O)c1cc(=O)n(-c2ccc(Cl)cc2)[nH]1)c1ccccc1Cl. The van der Waals surface area contributed by atoms with Crippen molar-refractivity contribution in [3.63, 3.8) is 0 Å². The zero-order chi connectivity index (χ0) is 20.3. The molecule has 1 atom stereocenters. The molecule has 1 aromatic heterocycles. The van der Waals surface area contributed by atoms with E-state index >= 15 is 0 Å². The van der Waals surface area contributed by atoms with Crippen LogP contribution in [-0.2, 0) is 4.79 Å². The van der Waals surface area contributed by atoms with Gasteiger partial charge in [-0.15, -0.1) is 0 Å². The lowest BCUT2D eigenvalue weighted by Crippen LogP contribution is -2.30. The zero-order valence-electron chi connectivity index (χ0n) is 14.4. The first-order valence-corrected chi connectivity index (χ1v) is 8.96. The highest BCUT2D eigenvalue weighted by molar-refractivity contribution is 6.31. The number of amides is 1. The number of rotatable bonds is 6. The van der Waals surface area contributed by atoms with Crippen molar-refractivity contribution in [1.82, 2.24) is 15.1 Å². The predicted octanol–water partition coefficient (Wildman–Crippen LogP) is 3.42. The number of hydrogen-bond acceptors (Lipinski definition) is 3. The molecule has 0 unspecified atom stereocenters. The second-order valence-electron chi connectivity index (χ2n) is 5.97. The molecule has 1 amide bonds. The van der Waals surface area contributed by atoms with E-state index in [4.69, 9.17) is 23.2 Å². The average Bonchev–Trinajstić information content (AvgIpc) is 3.04. The number of carboxylic acid groups (broad SMARTS) is 1. The molecule has 2 aromatic carbocycles. The van der Waals surface area contributed by atoms with E-state index in [1.165, 1.54) is 4.68 Å². The lowest BCUT2D eigenvalue weighted by Gasteiger charge is -2.18. The Hall–Kier alpha value is -3.03. The van der Waals surface area contributed by atoms with Crippen molar-refractivity contribution in [1.29, 1.82) is 0 Å². The number of aromatic nitrogens is 2. The van der Waals surface area contributed by atoms with Gasteiger partial charge in [-0.3, -0.25) is 19.5 Å². The number of carboxylic acids is 1. The molecule has 0 aliphatic carbocycles. The molecule has 0 aliphatic rings. The summed E-state index contributed by atoms with van der Waals surface area (Å²) in [6.45, 7) is 0. The first-order chi connectivity index (χ1) is 13.3. The fourth-order valence-corrected chi connectivity index (χ4v) is 3.09. The van der Waals surface area contributed by atoms with Gasteiger partial charge in [0.15, 0.2) is 0 Å². The molecule has 3 rings (SSSR count). The van der Waals surface area contributed by atoms with E-state index in [1.807, 2.05) is 0 Å². The summed E-state index contributed by atoms with van der Waals surface area (Å²) in [6.07, 6.45) is -0.363. The normalized spacial score (nSPS) is 11.8. The lowest BCUT2D eigenvalue weighted by molar-refractivity contribution is -0.137. The Morgan fingerprint density at radius 3 is 2.43 bits per heavy atom. The van der Waals surface area contributed by atoms with Gasteiger partial charge >= 0.3 is 5.97 Å². The third kappa shape index (κ3) is 4.44. The fourth-order valence-electron chi connectivity index (χ4n) is 2.70. The molecule has 0 saturated heterocycles. The molecule has 0 aliphatic heterocycles. The summed E-state index contributed by atoms with van der Waals surface area (Å²) in [6, 6.07) is 13.4. The van der Waals surface area contributed by atoms with E-state index in [-0.39, 0.29) is 12.1 Å². The minimum Gasteiger partial charge on any atom is -0.481 e. The number of H-pyrrole nitrogens is 1. The molecular formula is C19H15Cl2N3O4. The molecule has 0 radical (unpaired) electrons. The number of aromatic amines is 1. The number of halogens is 2. The Labute approximate surface area is 169 Å². The van der Waals surface area contributed by atoms with Crippen LogP contribution in [-0.4, -0.2) is 26.8 Å². The third-order valence-corrected chi connectivity index (χ3v) is 4.61. The summed E-state index contributed by atoms with van der Waals surface area (Å²) in [5, 5.41) is 15.3. The minimum atomic E-state index is -1.10. The van der Waals surface area contributed by atoms with Crippen molar-refractivity contribution in [2.75, 3.05) is 0 Å². The number of nitrogens with one attached hydrogen (secondary N) is 2. The van der Waals surface area contributed by atoms with Crippen molar-refractivity contribution in [3.8, 4) is 5.69 Å².